The number of hydrogen-bond acceptors (Lipinski definition) is 5. The predicted octanol–water partition coefficient (Wildman–Crippen LogP) is 3.37. The zero-order chi connectivity index (χ0) is 21.8. The summed E-state index contributed by atoms with van der Waals surface area (Å²) >= 11 is 0. The number of hydrogen-bond donors (Lipinski definition) is 2. The van der Waals surface area contributed by atoms with Gasteiger partial charge in [-0.25, -0.2) is 0 Å². The van der Waals surface area contributed by atoms with Crippen molar-refractivity contribution in [3.05, 3.63) is 53.6 Å². The maximum absolute atomic E-state index is 12.7. The van der Waals surface area contributed by atoms with Gasteiger partial charge in [0.1, 0.15) is 5.75 Å². The highest BCUT2D eigenvalue weighted by atomic mass is 16.5. The SMILES string of the molecule is COc1ccccc1CCNC(=O)C1CC12CCN(Cc1cccc(OC)c1O)CC2. The van der Waals surface area contributed by atoms with Crippen LogP contribution in [0.1, 0.15) is 30.4 Å². The van der Waals surface area contributed by atoms with Crippen molar-refractivity contribution in [2.24, 2.45) is 11.3 Å². The Labute approximate surface area is 184 Å². The molecule has 0 bridgehead atoms. The Kier molecular flexibility index (Phi) is 6.37. The van der Waals surface area contributed by atoms with E-state index in [1.54, 1.807) is 20.3 Å². The standard InChI is InChI=1S/C25H32N2O4/c1-30-21-8-4-3-6-18(21)10-13-26-24(29)20-16-25(20)11-14-27(15-12-25)17-19-7-5-9-22(31-2)23(19)28/h3-9,20,28H,10-17H2,1-2H3,(H,26,29). The van der Waals surface area contributed by atoms with Crippen LogP contribution in [0.25, 0.3) is 0 Å². The molecule has 0 aromatic heterocycles. The fourth-order valence-electron chi connectivity index (χ4n) is 4.88. The van der Waals surface area contributed by atoms with E-state index in [1.165, 1.54) is 0 Å². The van der Waals surface area contributed by atoms with E-state index in [-0.39, 0.29) is 23.0 Å². The molecule has 6 heteroatoms. The fraction of sp³-hybridized carbons (Fsp3) is 0.480. The molecule has 1 spiro atoms. The lowest BCUT2D eigenvalue weighted by molar-refractivity contribution is -0.123. The summed E-state index contributed by atoms with van der Waals surface area (Å²) in [5, 5.41) is 13.5. The van der Waals surface area contributed by atoms with Crippen molar-refractivity contribution in [1.29, 1.82) is 0 Å². The van der Waals surface area contributed by atoms with Crippen molar-refractivity contribution in [2.75, 3.05) is 33.9 Å². The molecule has 1 atom stereocenters. The van der Waals surface area contributed by atoms with Crippen molar-refractivity contribution in [3.63, 3.8) is 0 Å². The Bertz CT molecular complexity index is 921. The minimum absolute atomic E-state index is 0.137. The van der Waals surface area contributed by atoms with Crippen LogP contribution in [0.5, 0.6) is 17.2 Å². The number of phenolic OH excluding ortho intramolecular Hbond substituents is 1. The highest BCUT2D eigenvalue weighted by Crippen LogP contribution is 2.59. The monoisotopic (exact) mass is 424 g/mol. The van der Waals surface area contributed by atoms with Crippen LogP contribution in [-0.4, -0.2) is 49.8 Å². The van der Waals surface area contributed by atoms with Gasteiger partial charge in [-0.2, -0.15) is 0 Å². The average molecular weight is 425 g/mol. The fourth-order valence-corrected chi connectivity index (χ4v) is 4.88. The molecular formula is C25H32N2O4. The lowest BCUT2D eigenvalue weighted by Crippen LogP contribution is -2.37. The van der Waals surface area contributed by atoms with Gasteiger partial charge < -0.3 is 19.9 Å². The van der Waals surface area contributed by atoms with Gasteiger partial charge in [0.2, 0.25) is 5.91 Å². The number of ether oxygens (including phenoxy) is 2. The summed E-state index contributed by atoms with van der Waals surface area (Å²) in [5.41, 5.74) is 2.17. The van der Waals surface area contributed by atoms with E-state index >= 15 is 0 Å². The molecule has 1 saturated heterocycles. The number of nitrogens with one attached hydrogen (secondary N) is 1. The van der Waals surface area contributed by atoms with Gasteiger partial charge in [0.15, 0.2) is 11.5 Å². The van der Waals surface area contributed by atoms with E-state index in [2.05, 4.69) is 10.2 Å². The quantitative estimate of drug-likeness (QED) is 0.680. The van der Waals surface area contributed by atoms with E-state index in [9.17, 15) is 9.90 Å². The first-order valence-corrected chi connectivity index (χ1v) is 11.0. The molecule has 2 N–H and O–H groups in total. The Hall–Kier alpha value is -2.73. The summed E-state index contributed by atoms with van der Waals surface area (Å²) in [6.07, 6.45) is 3.82. The van der Waals surface area contributed by atoms with Gasteiger partial charge in [-0.15, -0.1) is 0 Å². The van der Waals surface area contributed by atoms with Gasteiger partial charge in [-0.05, 0) is 61.9 Å². The van der Waals surface area contributed by atoms with Gasteiger partial charge in [-0.3, -0.25) is 9.69 Å². The van der Waals surface area contributed by atoms with Crippen molar-refractivity contribution >= 4 is 5.91 Å². The van der Waals surface area contributed by atoms with Gasteiger partial charge in [0, 0.05) is 24.6 Å². The van der Waals surface area contributed by atoms with E-state index in [0.717, 1.165) is 55.6 Å². The third kappa shape index (κ3) is 4.64. The number of carbonyl (C=O) groups excluding carboxylic acids is 1. The summed E-state index contributed by atoms with van der Waals surface area (Å²) in [7, 11) is 3.24. The normalized spacial score (nSPS) is 19.7. The van der Waals surface area contributed by atoms with E-state index < -0.39 is 0 Å². The van der Waals surface area contributed by atoms with Crippen molar-refractivity contribution in [3.8, 4) is 17.2 Å². The van der Waals surface area contributed by atoms with Crippen molar-refractivity contribution in [2.45, 2.75) is 32.2 Å². The second kappa shape index (κ2) is 9.18. The predicted molar refractivity (Wildman–Crippen MR) is 119 cm³/mol. The molecule has 6 nitrogen and oxygen atoms in total. The van der Waals surface area contributed by atoms with Gasteiger partial charge in [-0.1, -0.05) is 30.3 Å². The van der Waals surface area contributed by atoms with Gasteiger partial charge in [0.25, 0.3) is 0 Å². The van der Waals surface area contributed by atoms with E-state index in [1.807, 2.05) is 36.4 Å². The molecule has 166 valence electrons. The number of nitrogens with zero attached hydrogens (tertiary/aromatic N) is 1. The first-order chi connectivity index (χ1) is 15.1. The number of para-hydroxylation sites is 2. The molecule has 1 amide bonds. The van der Waals surface area contributed by atoms with Gasteiger partial charge >= 0.3 is 0 Å². The zero-order valence-electron chi connectivity index (χ0n) is 18.4. The molecule has 4 rings (SSSR count). The molecule has 31 heavy (non-hydrogen) atoms. The molecule has 2 aliphatic rings. The third-order valence-corrected chi connectivity index (χ3v) is 6.94. The number of piperidine rings is 1. The smallest absolute Gasteiger partial charge is 0.223 e. The van der Waals surface area contributed by atoms with Crippen LogP contribution < -0.4 is 14.8 Å². The van der Waals surface area contributed by atoms with Crippen LogP contribution in [0, 0.1) is 11.3 Å². The summed E-state index contributed by atoms with van der Waals surface area (Å²) in [5.74, 6) is 1.93. The number of rotatable bonds is 8. The van der Waals surface area contributed by atoms with Crippen LogP contribution in [-0.2, 0) is 17.8 Å². The second-order valence-corrected chi connectivity index (χ2v) is 8.72. The van der Waals surface area contributed by atoms with E-state index in [0.29, 0.717) is 18.8 Å². The second-order valence-electron chi connectivity index (χ2n) is 8.72. The van der Waals surface area contributed by atoms with Crippen LogP contribution in [0.3, 0.4) is 0 Å². The zero-order valence-corrected chi connectivity index (χ0v) is 18.4. The molecule has 1 heterocycles. The van der Waals surface area contributed by atoms with E-state index in [4.69, 9.17) is 9.47 Å². The summed E-state index contributed by atoms with van der Waals surface area (Å²) in [6, 6.07) is 13.6. The number of carbonyl (C=O) groups is 1. The van der Waals surface area contributed by atoms with Crippen LogP contribution in [0.15, 0.2) is 42.5 Å². The topological polar surface area (TPSA) is 71.0 Å². The van der Waals surface area contributed by atoms with Crippen molar-refractivity contribution < 1.29 is 19.4 Å². The molecule has 1 aliphatic carbocycles. The molecule has 2 aromatic rings. The van der Waals surface area contributed by atoms with Crippen LogP contribution in [0.2, 0.25) is 0 Å². The summed E-state index contributed by atoms with van der Waals surface area (Å²) in [4.78, 5) is 15.1. The van der Waals surface area contributed by atoms with Crippen LogP contribution >= 0.6 is 0 Å². The number of benzene rings is 2. The number of aromatic hydroxyl groups is 1. The van der Waals surface area contributed by atoms with Gasteiger partial charge in [0.05, 0.1) is 14.2 Å². The Morgan fingerprint density at radius 2 is 1.74 bits per heavy atom. The number of likely N-dealkylation sites (tertiary alicyclic amines) is 1. The first kappa shape index (κ1) is 21.5. The third-order valence-electron chi connectivity index (χ3n) is 6.94. The molecular weight excluding hydrogens is 392 g/mol. The maximum Gasteiger partial charge on any atom is 0.223 e. The molecule has 2 aromatic carbocycles. The van der Waals surface area contributed by atoms with Crippen molar-refractivity contribution in [1.82, 2.24) is 10.2 Å². The number of phenols is 1. The lowest BCUT2D eigenvalue weighted by atomic mass is 9.90. The average Bonchev–Trinajstić information content (AvgIpc) is 3.50. The highest BCUT2D eigenvalue weighted by molar-refractivity contribution is 5.82. The Balaban J connectivity index is 1.24. The highest BCUT2D eigenvalue weighted by Gasteiger charge is 2.58. The molecule has 0 radical (unpaired) electrons. The van der Waals surface area contributed by atoms with Crippen LogP contribution in [0.4, 0.5) is 0 Å². The minimum atomic E-state index is 0.137. The summed E-state index contributed by atoms with van der Waals surface area (Å²) < 4.78 is 10.6. The molecule has 1 unspecified atom stereocenters. The Morgan fingerprint density at radius 3 is 2.48 bits per heavy atom. The lowest BCUT2D eigenvalue weighted by Gasteiger charge is -2.33. The Morgan fingerprint density at radius 1 is 1.06 bits per heavy atom. The maximum atomic E-state index is 12.7. The molecule has 2 fully saturated rings. The number of methoxy groups -OCH3 is 2. The largest absolute Gasteiger partial charge is 0.504 e. The molecule has 1 aliphatic heterocycles. The molecule has 1 saturated carbocycles. The minimum Gasteiger partial charge on any atom is -0.504 e. The first-order valence-electron chi connectivity index (χ1n) is 11.0. The summed E-state index contributed by atoms with van der Waals surface area (Å²) in [6.45, 7) is 3.23. The number of amides is 1.